The van der Waals surface area contributed by atoms with Crippen LogP contribution in [0.5, 0.6) is 0 Å². The van der Waals surface area contributed by atoms with Crippen molar-refractivity contribution in [3.05, 3.63) is 124 Å². The summed E-state index contributed by atoms with van der Waals surface area (Å²) in [5, 5.41) is 5.68. The van der Waals surface area contributed by atoms with Gasteiger partial charge in [-0.25, -0.2) is 8.42 Å². The molecule has 0 spiro atoms. The minimum absolute atomic E-state index is 0.0653. The average molecular weight is 607 g/mol. The van der Waals surface area contributed by atoms with E-state index in [-0.39, 0.29) is 28.1 Å². The van der Waals surface area contributed by atoms with E-state index >= 15 is 0 Å². The number of rotatable bonds is 9. The smallest absolute Gasteiger partial charge is 0.264 e. The number of carbonyl (C=O) groups is 2. The van der Waals surface area contributed by atoms with Crippen molar-refractivity contribution in [1.82, 2.24) is 5.32 Å². The molecule has 0 saturated carbocycles. The summed E-state index contributed by atoms with van der Waals surface area (Å²) in [5.74, 6) is -0.958. The predicted molar refractivity (Wildman–Crippen MR) is 157 cm³/mol. The highest BCUT2D eigenvalue weighted by molar-refractivity contribution is 9.10. The highest BCUT2D eigenvalue weighted by Crippen LogP contribution is 2.27. The fourth-order valence-corrected chi connectivity index (χ4v) is 5.79. The Morgan fingerprint density at radius 2 is 1.54 bits per heavy atom. The van der Waals surface area contributed by atoms with Crippen LogP contribution < -0.4 is 14.9 Å². The number of para-hydroxylation sites is 1. The highest BCUT2D eigenvalue weighted by atomic mass is 79.9. The van der Waals surface area contributed by atoms with Crippen LogP contribution in [0.2, 0.25) is 0 Å². The van der Waals surface area contributed by atoms with Crippen LogP contribution in [0.1, 0.15) is 34.5 Å². The van der Waals surface area contributed by atoms with Crippen LogP contribution in [0.4, 0.5) is 11.4 Å². The zero-order valence-electron chi connectivity index (χ0n) is 21.5. The van der Waals surface area contributed by atoms with Gasteiger partial charge in [0.25, 0.3) is 15.9 Å². The highest BCUT2D eigenvalue weighted by Gasteiger charge is 2.28. The molecule has 200 valence electrons. The van der Waals surface area contributed by atoms with Gasteiger partial charge in [-0.15, -0.1) is 0 Å². The summed E-state index contributed by atoms with van der Waals surface area (Å²) in [5.41, 5.74) is 2.73. The zero-order valence-corrected chi connectivity index (χ0v) is 23.9. The Kier molecular flexibility index (Phi) is 8.83. The SMILES string of the molecule is Cc1ccc(S(=O)(=O)N(CC(=O)Nc2ccccc2C(=O)N[C@@H](C)c2ccccc2)c2cccc(Br)c2)cc1. The third-order valence-electron chi connectivity index (χ3n) is 6.09. The number of benzene rings is 4. The molecule has 0 fully saturated rings. The van der Waals surface area contributed by atoms with Gasteiger partial charge in [0.15, 0.2) is 0 Å². The molecule has 0 aliphatic rings. The normalized spacial score (nSPS) is 11.9. The third kappa shape index (κ3) is 6.93. The van der Waals surface area contributed by atoms with E-state index in [9.17, 15) is 18.0 Å². The van der Waals surface area contributed by atoms with Gasteiger partial charge >= 0.3 is 0 Å². The van der Waals surface area contributed by atoms with E-state index in [1.165, 1.54) is 12.1 Å². The largest absolute Gasteiger partial charge is 0.345 e. The molecule has 4 rings (SSSR count). The minimum atomic E-state index is -4.08. The molecule has 0 saturated heterocycles. The Bertz CT molecular complexity index is 1580. The Hall–Kier alpha value is -3.95. The predicted octanol–water partition coefficient (Wildman–Crippen LogP) is 6.08. The Morgan fingerprint density at radius 1 is 0.872 bits per heavy atom. The number of aryl methyl sites for hydroxylation is 1. The molecule has 9 heteroatoms. The molecule has 2 amide bonds. The van der Waals surface area contributed by atoms with E-state index in [1.807, 2.05) is 44.2 Å². The molecule has 0 heterocycles. The lowest BCUT2D eigenvalue weighted by Crippen LogP contribution is -2.38. The van der Waals surface area contributed by atoms with Crippen LogP contribution in [-0.4, -0.2) is 26.8 Å². The number of anilines is 2. The van der Waals surface area contributed by atoms with E-state index in [2.05, 4.69) is 26.6 Å². The van der Waals surface area contributed by atoms with Crippen molar-refractivity contribution >= 4 is 49.1 Å². The molecule has 4 aromatic carbocycles. The first-order valence-electron chi connectivity index (χ1n) is 12.2. The van der Waals surface area contributed by atoms with Crippen molar-refractivity contribution in [3.63, 3.8) is 0 Å². The van der Waals surface area contributed by atoms with Crippen molar-refractivity contribution in [2.75, 3.05) is 16.2 Å². The van der Waals surface area contributed by atoms with Crippen LogP contribution in [0.25, 0.3) is 0 Å². The first-order valence-corrected chi connectivity index (χ1v) is 14.5. The maximum absolute atomic E-state index is 13.6. The Balaban J connectivity index is 1.58. The summed E-state index contributed by atoms with van der Waals surface area (Å²) in [4.78, 5) is 26.4. The van der Waals surface area contributed by atoms with Crippen LogP contribution in [-0.2, 0) is 14.8 Å². The summed E-state index contributed by atoms with van der Waals surface area (Å²) in [7, 11) is -4.08. The fourth-order valence-electron chi connectivity index (χ4n) is 3.99. The summed E-state index contributed by atoms with van der Waals surface area (Å²) in [6.45, 7) is 3.24. The van der Waals surface area contributed by atoms with Gasteiger partial charge in [-0.1, -0.05) is 82.2 Å². The molecule has 0 aromatic heterocycles. The second-order valence-electron chi connectivity index (χ2n) is 9.00. The summed E-state index contributed by atoms with van der Waals surface area (Å²) < 4.78 is 29.0. The second-order valence-corrected chi connectivity index (χ2v) is 11.8. The van der Waals surface area contributed by atoms with Crippen LogP contribution in [0.15, 0.2) is 112 Å². The van der Waals surface area contributed by atoms with E-state index in [1.54, 1.807) is 60.7 Å². The monoisotopic (exact) mass is 605 g/mol. The van der Waals surface area contributed by atoms with Gasteiger partial charge in [0, 0.05) is 4.47 Å². The van der Waals surface area contributed by atoms with Gasteiger partial charge in [-0.3, -0.25) is 13.9 Å². The molecular weight excluding hydrogens is 578 g/mol. The lowest BCUT2D eigenvalue weighted by molar-refractivity contribution is -0.114. The molecule has 4 aromatic rings. The molecule has 0 radical (unpaired) electrons. The fraction of sp³-hybridized carbons (Fsp3) is 0.133. The number of hydrogen-bond donors (Lipinski definition) is 2. The summed E-state index contributed by atoms with van der Waals surface area (Å²) in [6, 6.07) is 29.1. The van der Waals surface area contributed by atoms with Crippen LogP contribution >= 0.6 is 15.9 Å². The first kappa shape index (κ1) is 28.1. The number of hydrogen-bond acceptors (Lipinski definition) is 4. The van der Waals surface area contributed by atoms with E-state index < -0.39 is 22.5 Å². The topological polar surface area (TPSA) is 95.6 Å². The Labute approximate surface area is 237 Å². The molecular formula is C30H28BrN3O4S. The molecule has 39 heavy (non-hydrogen) atoms. The number of nitrogens with one attached hydrogen (secondary N) is 2. The van der Waals surface area contributed by atoms with Crippen molar-refractivity contribution in [2.24, 2.45) is 0 Å². The first-order chi connectivity index (χ1) is 18.6. The van der Waals surface area contributed by atoms with E-state index in [0.717, 1.165) is 15.4 Å². The van der Waals surface area contributed by atoms with Gasteiger partial charge in [-0.05, 0) is 61.9 Å². The summed E-state index contributed by atoms with van der Waals surface area (Å²) in [6.07, 6.45) is 0. The minimum Gasteiger partial charge on any atom is -0.345 e. The van der Waals surface area contributed by atoms with Crippen LogP contribution in [0.3, 0.4) is 0 Å². The maximum Gasteiger partial charge on any atom is 0.264 e. The number of halogens is 1. The molecule has 7 nitrogen and oxygen atoms in total. The van der Waals surface area contributed by atoms with Crippen LogP contribution in [0, 0.1) is 6.92 Å². The number of amides is 2. The van der Waals surface area contributed by atoms with Crippen molar-refractivity contribution in [3.8, 4) is 0 Å². The maximum atomic E-state index is 13.6. The van der Waals surface area contributed by atoms with E-state index in [4.69, 9.17) is 0 Å². The number of nitrogens with zero attached hydrogens (tertiary/aromatic N) is 1. The summed E-state index contributed by atoms with van der Waals surface area (Å²) >= 11 is 3.38. The van der Waals surface area contributed by atoms with Crippen molar-refractivity contribution < 1.29 is 18.0 Å². The quantitative estimate of drug-likeness (QED) is 0.241. The van der Waals surface area contributed by atoms with Crippen molar-refractivity contribution in [2.45, 2.75) is 24.8 Å². The molecule has 0 aliphatic heterocycles. The van der Waals surface area contributed by atoms with Crippen molar-refractivity contribution in [1.29, 1.82) is 0 Å². The third-order valence-corrected chi connectivity index (χ3v) is 8.37. The Morgan fingerprint density at radius 3 is 2.23 bits per heavy atom. The molecule has 0 bridgehead atoms. The molecule has 0 aliphatic carbocycles. The standard InChI is InChI=1S/C30H28BrN3O4S/c1-21-15-17-26(18-16-21)39(37,38)34(25-12-8-11-24(31)19-25)20-29(35)33-28-14-7-6-13-27(28)30(36)32-22(2)23-9-4-3-5-10-23/h3-19,22H,20H2,1-2H3,(H,32,36)(H,33,35)/t22-/m0/s1. The van der Waals surface area contributed by atoms with Gasteiger partial charge in [0.05, 0.1) is 27.9 Å². The molecule has 2 N–H and O–H groups in total. The molecule has 1 atom stereocenters. The van der Waals surface area contributed by atoms with E-state index in [0.29, 0.717) is 10.2 Å². The number of sulfonamides is 1. The average Bonchev–Trinajstić information content (AvgIpc) is 2.92. The van der Waals surface area contributed by atoms with Gasteiger partial charge in [-0.2, -0.15) is 0 Å². The molecule has 0 unspecified atom stereocenters. The van der Waals surface area contributed by atoms with Gasteiger partial charge in [0.2, 0.25) is 5.91 Å². The second kappa shape index (κ2) is 12.3. The zero-order chi connectivity index (χ0) is 28.0. The lowest BCUT2D eigenvalue weighted by atomic mass is 10.1. The van der Waals surface area contributed by atoms with Gasteiger partial charge in [0.1, 0.15) is 6.54 Å². The van der Waals surface area contributed by atoms with Gasteiger partial charge < -0.3 is 10.6 Å². The number of carbonyl (C=O) groups excluding carboxylic acids is 2. The lowest BCUT2D eigenvalue weighted by Gasteiger charge is -2.24.